The number of hydrogen-bond donors (Lipinski definition) is 0. The number of amides is 2. The first-order valence-corrected chi connectivity index (χ1v) is 16.5. The highest BCUT2D eigenvalue weighted by atomic mass is 79.9. The van der Waals surface area contributed by atoms with Gasteiger partial charge in [-0.3, -0.25) is 9.59 Å². The Labute approximate surface area is 271 Å². The molecule has 4 heterocycles. The van der Waals surface area contributed by atoms with Crippen LogP contribution in [0.5, 0.6) is 6.01 Å². The largest absolute Gasteiger partial charge is 0.462 e. The lowest BCUT2D eigenvalue weighted by atomic mass is 9.99. The van der Waals surface area contributed by atoms with Gasteiger partial charge >= 0.3 is 6.01 Å². The average Bonchev–Trinajstić information content (AvgIpc) is 3.79. The van der Waals surface area contributed by atoms with Crippen LogP contribution in [0.15, 0.2) is 41.4 Å². The molecule has 3 aromatic rings. The van der Waals surface area contributed by atoms with Crippen LogP contribution < -0.4 is 9.64 Å². The number of anilines is 1. The minimum absolute atomic E-state index is 0.0472. The SMILES string of the molecule is C=CC(=O)N1CCN(c2nc(OC[C@@H]3CCCN3C)nc3c2CN(C(=O)c2ccc4c5c(ccc(Br)c25)CC4)C3)C[C@@H]1CC#N. The molecule has 0 bridgehead atoms. The predicted octanol–water partition coefficient (Wildman–Crippen LogP) is 4.24. The third-order valence-corrected chi connectivity index (χ3v) is 10.5. The maximum Gasteiger partial charge on any atom is 0.318 e. The predicted molar refractivity (Wildman–Crippen MR) is 174 cm³/mol. The minimum atomic E-state index is -0.304. The molecule has 0 unspecified atom stereocenters. The molecule has 3 aliphatic heterocycles. The lowest BCUT2D eigenvalue weighted by molar-refractivity contribution is -0.128. The van der Waals surface area contributed by atoms with Crippen LogP contribution in [0.3, 0.4) is 0 Å². The molecule has 2 fully saturated rings. The lowest BCUT2D eigenvalue weighted by Gasteiger charge is -2.41. The Kier molecular flexibility index (Phi) is 7.96. The second-order valence-corrected chi connectivity index (χ2v) is 13.3. The lowest BCUT2D eigenvalue weighted by Crippen LogP contribution is -2.55. The summed E-state index contributed by atoms with van der Waals surface area (Å²) in [4.78, 5) is 44.5. The number of halogens is 1. The van der Waals surface area contributed by atoms with Crippen LogP contribution in [0, 0.1) is 11.3 Å². The van der Waals surface area contributed by atoms with E-state index in [1.165, 1.54) is 22.6 Å². The van der Waals surface area contributed by atoms with Gasteiger partial charge in [0.05, 0.1) is 37.3 Å². The number of benzene rings is 2. The van der Waals surface area contributed by atoms with Crippen LogP contribution >= 0.6 is 15.9 Å². The second-order valence-electron chi connectivity index (χ2n) is 12.4. The summed E-state index contributed by atoms with van der Waals surface area (Å²) in [5.41, 5.74) is 4.91. The quantitative estimate of drug-likeness (QED) is 0.344. The Morgan fingerprint density at radius 2 is 1.89 bits per heavy atom. The Morgan fingerprint density at radius 1 is 1.09 bits per heavy atom. The van der Waals surface area contributed by atoms with Crippen LogP contribution in [-0.4, -0.2) is 88.4 Å². The fourth-order valence-electron chi connectivity index (χ4n) is 7.42. The molecule has 0 radical (unpaired) electrons. The second kappa shape index (κ2) is 12.1. The third kappa shape index (κ3) is 5.34. The molecule has 0 spiro atoms. The summed E-state index contributed by atoms with van der Waals surface area (Å²) in [7, 11) is 2.11. The molecule has 2 amide bonds. The Morgan fingerprint density at radius 3 is 2.62 bits per heavy atom. The molecular weight excluding hydrogens is 634 g/mol. The molecule has 4 aliphatic rings. The monoisotopic (exact) mass is 669 g/mol. The highest BCUT2D eigenvalue weighted by molar-refractivity contribution is 9.10. The zero-order valence-corrected chi connectivity index (χ0v) is 27.1. The molecule has 1 aliphatic carbocycles. The van der Waals surface area contributed by atoms with Gasteiger partial charge in [0, 0.05) is 46.7 Å². The number of ether oxygens (including phenoxy) is 1. The normalized spacial score (nSPS) is 20.9. The van der Waals surface area contributed by atoms with Crippen molar-refractivity contribution in [1.82, 2.24) is 24.7 Å². The number of aromatic nitrogens is 2. The van der Waals surface area contributed by atoms with Crippen molar-refractivity contribution >= 4 is 44.3 Å². The van der Waals surface area contributed by atoms with Crippen molar-refractivity contribution in [3.63, 3.8) is 0 Å². The number of piperazine rings is 1. The van der Waals surface area contributed by atoms with Gasteiger partial charge in [0.2, 0.25) is 5.91 Å². The van der Waals surface area contributed by atoms with Crippen LogP contribution in [0.25, 0.3) is 10.8 Å². The van der Waals surface area contributed by atoms with E-state index in [0.717, 1.165) is 53.3 Å². The van der Waals surface area contributed by atoms with E-state index in [1.54, 1.807) is 4.90 Å². The standard InChI is InChI=1S/C34H36BrN7O3/c1-3-29(43)42-16-15-40(17-23(42)12-13-36)32-26-18-41(19-28(26)37-34(38-32)45-20-24-5-4-14-39(24)2)33(44)25-10-8-21-6-7-22-9-11-27(35)31(25)30(21)22/h3,8-11,23-24H,1,4-7,12,14-20H2,2H3/t23-,24-/m0/s1. The molecule has 0 N–H and O–H groups in total. The fourth-order valence-corrected chi connectivity index (χ4v) is 7.96. The molecule has 2 aromatic carbocycles. The number of nitriles is 1. The minimum Gasteiger partial charge on any atom is -0.462 e. The molecule has 232 valence electrons. The number of rotatable bonds is 7. The van der Waals surface area contributed by atoms with Crippen molar-refractivity contribution in [3.05, 3.63) is 69.3 Å². The van der Waals surface area contributed by atoms with E-state index < -0.39 is 0 Å². The fraction of sp³-hybridized carbons (Fsp3) is 0.441. The van der Waals surface area contributed by atoms with E-state index in [0.29, 0.717) is 62.8 Å². The number of carbonyl (C=O) groups is 2. The molecule has 10 nitrogen and oxygen atoms in total. The van der Waals surface area contributed by atoms with Crippen molar-refractivity contribution in [1.29, 1.82) is 5.26 Å². The zero-order chi connectivity index (χ0) is 31.2. The van der Waals surface area contributed by atoms with Crippen molar-refractivity contribution in [2.24, 2.45) is 0 Å². The van der Waals surface area contributed by atoms with Gasteiger partial charge in [-0.2, -0.15) is 15.2 Å². The van der Waals surface area contributed by atoms with Gasteiger partial charge in [-0.1, -0.05) is 34.6 Å². The summed E-state index contributed by atoms with van der Waals surface area (Å²) < 4.78 is 7.15. The van der Waals surface area contributed by atoms with E-state index >= 15 is 0 Å². The van der Waals surface area contributed by atoms with E-state index in [9.17, 15) is 14.9 Å². The topological polar surface area (TPSA) is 106 Å². The number of carbonyl (C=O) groups excluding carboxylic acids is 2. The van der Waals surface area contributed by atoms with Gasteiger partial charge in [-0.25, -0.2) is 0 Å². The first kappa shape index (κ1) is 29.7. The highest BCUT2D eigenvalue weighted by Crippen LogP contribution is 2.39. The molecule has 1 aromatic heterocycles. The van der Waals surface area contributed by atoms with Crippen molar-refractivity contribution in [2.45, 2.75) is 57.3 Å². The van der Waals surface area contributed by atoms with Crippen LogP contribution in [0.1, 0.15) is 52.0 Å². The number of fused-ring (bicyclic) bond motifs is 1. The maximum absolute atomic E-state index is 14.2. The summed E-state index contributed by atoms with van der Waals surface area (Å²) in [6, 6.07) is 10.8. The van der Waals surface area contributed by atoms with Gasteiger partial charge in [-0.05, 0) is 74.0 Å². The van der Waals surface area contributed by atoms with Gasteiger partial charge in [0.1, 0.15) is 12.4 Å². The average molecular weight is 671 g/mol. The summed E-state index contributed by atoms with van der Waals surface area (Å²) >= 11 is 3.73. The van der Waals surface area contributed by atoms with Gasteiger partial charge < -0.3 is 24.3 Å². The third-order valence-electron chi connectivity index (χ3n) is 9.85. The molecule has 2 saturated heterocycles. The summed E-state index contributed by atoms with van der Waals surface area (Å²) in [6.07, 6.45) is 5.68. The molecule has 2 atom stereocenters. The van der Waals surface area contributed by atoms with Crippen LogP contribution in [0.4, 0.5) is 5.82 Å². The first-order valence-electron chi connectivity index (χ1n) is 15.7. The van der Waals surface area contributed by atoms with E-state index in [4.69, 9.17) is 14.7 Å². The molecule has 45 heavy (non-hydrogen) atoms. The van der Waals surface area contributed by atoms with Crippen molar-refractivity contribution in [3.8, 4) is 12.1 Å². The van der Waals surface area contributed by atoms with E-state index in [-0.39, 0.29) is 24.3 Å². The van der Waals surface area contributed by atoms with Crippen LogP contribution in [-0.2, 0) is 30.7 Å². The van der Waals surface area contributed by atoms with Gasteiger partial charge in [0.15, 0.2) is 0 Å². The number of hydrogen-bond acceptors (Lipinski definition) is 8. The Hall–Kier alpha value is -4.01. The van der Waals surface area contributed by atoms with Crippen molar-refractivity contribution < 1.29 is 14.3 Å². The zero-order valence-electron chi connectivity index (χ0n) is 25.5. The van der Waals surface area contributed by atoms with Gasteiger partial charge in [0.25, 0.3) is 5.91 Å². The summed E-state index contributed by atoms with van der Waals surface area (Å²) in [5, 5.41) is 11.7. The maximum atomic E-state index is 14.2. The first-order chi connectivity index (χ1) is 21.9. The smallest absolute Gasteiger partial charge is 0.318 e. The van der Waals surface area contributed by atoms with Crippen LogP contribution in [0.2, 0.25) is 0 Å². The molecule has 0 saturated carbocycles. The summed E-state index contributed by atoms with van der Waals surface area (Å²) in [5.74, 6) is 0.482. The summed E-state index contributed by atoms with van der Waals surface area (Å²) in [6.45, 7) is 7.31. The van der Waals surface area contributed by atoms with Crippen molar-refractivity contribution in [2.75, 3.05) is 44.7 Å². The number of nitrogens with zero attached hydrogens (tertiary/aromatic N) is 7. The number of aryl methyl sites for hydroxylation is 2. The molecule has 11 heteroatoms. The molecular formula is C34H36BrN7O3. The van der Waals surface area contributed by atoms with E-state index in [1.807, 2.05) is 17.0 Å². The Bertz CT molecular complexity index is 1740. The Balaban J connectivity index is 1.21. The van der Waals surface area contributed by atoms with Gasteiger partial charge in [-0.15, -0.1) is 0 Å². The number of likely N-dealkylation sites (tertiary alicyclic amines) is 1. The number of likely N-dealkylation sites (N-methyl/N-ethyl adjacent to an activating group) is 1. The highest BCUT2D eigenvalue weighted by Gasteiger charge is 2.36. The van der Waals surface area contributed by atoms with E-state index in [2.05, 4.69) is 57.6 Å². The molecule has 7 rings (SSSR count).